The molecular formula is C25H24N4O3. The predicted octanol–water partition coefficient (Wildman–Crippen LogP) is 4.85. The molecule has 5 rings (SSSR count). The van der Waals surface area contributed by atoms with Crippen molar-refractivity contribution in [3.05, 3.63) is 89.5 Å². The smallest absolute Gasteiger partial charge is 0.223 e. The molecule has 0 aliphatic rings. The van der Waals surface area contributed by atoms with Crippen molar-refractivity contribution in [2.24, 2.45) is 0 Å². The van der Waals surface area contributed by atoms with Crippen molar-refractivity contribution in [1.82, 2.24) is 19.5 Å². The molecule has 0 N–H and O–H groups in total. The van der Waals surface area contributed by atoms with E-state index in [1.165, 1.54) is 0 Å². The van der Waals surface area contributed by atoms with Crippen molar-refractivity contribution in [3.8, 4) is 0 Å². The largest absolute Gasteiger partial charge is 0.467 e. The molecule has 4 aromatic heterocycles. The van der Waals surface area contributed by atoms with Crippen molar-refractivity contribution in [1.29, 1.82) is 0 Å². The third kappa shape index (κ3) is 3.77. The summed E-state index contributed by atoms with van der Waals surface area (Å²) in [5.74, 6) is 1.51. The molecule has 0 saturated carbocycles. The molecule has 0 atom stereocenters. The summed E-state index contributed by atoms with van der Waals surface area (Å²) in [6.07, 6.45) is 4.18. The number of nitrogens with zero attached hydrogens (tertiary/aromatic N) is 4. The van der Waals surface area contributed by atoms with Gasteiger partial charge in [-0.3, -0.25) is 4.79 Å². The summed E-state index contributed by atoms with van der Waals surface area (Å²) in [5, 5.41) is 5.74. The van der Waals surface area contributed by atoms with Crippen LogP contribution in [0, 0.1) is 13.8 Å². The Morgan fingerprint density at radius 3 is 2.31 bits per heavy atom. The van der Waals surface area contributed by atoms with Gasteiger partial charge in [0.2, 0.25) is 5.91 Å². The number of carbonyl (C=O) groups excluding carboxylic acids is 1. The van der Waals surface area contributed by atoms with E-state index in [0.29, 0.717) is 25.9 Å². The number of hydrogen-bond acceptors (Lipinski definition) is 5. The van der Waals surface area contributed by atoms with Crippen molar-refractivity contribution < 1.29 is 13.6 Å². The summed E-state index contributed by atoms with van der Waals surface area (Å²) in [6, 6.07) is 15.4. The van der Waals surface area contributed by atoms with Gasteiger partial charge in [-0.1, -0.05) is 12.1 Å². The zero-order chi connectivity index (χ0) is 22.1. The lowest BCUT2D eigenvalue weighted by molar-refractivity contribution is -0.133. The third-order valence-electron chi connectivity index (χ3n) is 5.81. The van der Waals surface area contributed by atoms with Gasteiger partial charge in [-0.25, -0.2) is 9.50 Å². The molecule has 0 aliphatic carbocycles. The first kappa shape index (κ1) is 20.1. The van der Waals surface area contributed by atoms with Gasteiger partial charge in [0.1, 0.15) is 11.5 Å². The zero-order valence-corrected chi connectivity index (χ0v) is 18.1. The van der Waals surface area contributed by atoms with Crippen molar-refractivity contribution in [3.63, 3.8) is 0 Å². The average molecular weight is 428 g/mol. The van der Waals surface area contributed by atoms with Gasteiger partial charge in [0.15, 0.2) is 5.65 Å². The van der Waals surface area contributed by atoms with Crippen LogP contribution in [-0.2, 0) is 24.3 Å². The van der Waals surface area contributed by atoms with E-state index in [0.717, 1.165) is 45.0 Å². The van der Waals surface area contributed by atoms with E-state index in [9.17, 15) is 4.79 Å². The maximum atomic E-state index is 13.2. The SMILES string of the molecule is Cc1nc2c3ccccc3nn2c(C)c1CCC(=O)N(Cc1ccco1)Cc1ccco1. The Morgan fingerprint density at radius 1 is 0.969 bits per heavy atom. The summed E-state index contributed by atoms with van der Waals surface area (Å²) in [7, 11) is 0. The first-order valence-corrected chi connectivity index (χ1v) is 10.7. The first-order chi connectivity index (χ1) is 15.6. The Morgan fingerprint density at radius 2 is 1.66 bits per heavy atom. The molecule has 0 bridgehead atoms. The first-order valence-electron chi connectivity index (χ1n) is 10.7. The fourth-order valence-electron chi connectivity index (χ4n) is 4.14. The highest BCUT2D eigenvalue weighted by atomic mass is 16.3. The van der Waals surface area contributed by atoms with E-state index in [4.69, 9.17) is 18.9 Å². The Hall–Kier alpha value is -3.87. The lowest BCUT2D eigenvalue weighted by Crippen LogP contribution is -2.30. The lowest BCUT2D eigenvalue weighted by Gasteiger charge is -2.21. The number of rotatable bonds is 7. The van der Waals surface area contributed by atoms with E-state index < -0.39 is 0 Å². The lowest BCUT2D eigenvalue weighted by atomic mass is 10.1. The minimum Gasteiger partial charge on any atom is -0.467 e. The third-order valence-corrected chi connectivity index (χ3v) is 5.81. The number of aryl methyl sites for hydroxylation is 2. The van der Waals surface area contributed by atoms with Crippen LogP contribution in [0.3, 0.4) is 0 Å². The van der Waals surface area contributed by atoms with Gasteiger partial charge in [-0.2, -0.15) is 5.10 Å². The summed E-state index contributed by atoms with van der Waals surface area (Å²) in [6.45, 7) is 4.83. The number of amides is 1. The Labute approximate surface area is 185 Å². The molecule has 0 aliphatic heterocycles. The molecule has 4 heterocycles. The second-order valence-electron chi connectivity index (χ2n) is 7.92. The monoisotopic (exact) mass is 428 g/mol. The molecule has 0 fully saturated rings. The van der Waals surface area contributed by atoms with Crippen molar-refractivity contribution in [2.75, 3.05) is 0 Å². The average Bonchev–Trinajstić information content (AvgIpc) is 3.55. The fourth-order valence-corrected chi connectivity index (χ4v) is 4.14. The van der Waals surface area contributed by atoms with E-state index in [2.05, 4.69) is 0 Å². The number of hydrogen-bond donors (Lipinski definition) is 0. The normalized spacial score (nSPS) is 11.4. The van der Waals surface area contributed by atoms with Gasteiger partial charge >= 0.3 is 0 Å². The van der Waals surface area contributed by atoms with Crippen molar-refractivity contribution in [2.45, 2.75) is 39.8 Å². The predicted molar refractivity (Wildman–Crippen MR) is 120 cm³/mol. The molecule has 5 aromatic rings. The van der Waals surface area contributed by atoms with Gasteiger partial charge in [-0.15, -0.1) is 0 Å². The second-order valence-corrected chi connectivity index (χ2v) is 7.92. The van der Waals surface area contributed by atoms with Crippen LogP contribution in [0.15, 0.2) is 69.9 Å². The maximum absolute atomic E-state index is 13.2. The standard InChI is InChI=1S/C25H24N4O3/c1-17-21(18(2)29-25(26-17)22-9-3-4-10-23(22)27-29)11-12-24(30)28(15-19-7-5-13-31-19)16-20-8-6-14-32-20/h3-10,13-14H,11-12,15-16H2,1-2H3. The molecule has 0 radical (unpaired) electrons. The van der Waals surface area contributed by atoms with Crippen LogP contribution in [0.4, 0.5) is 0 Å². The number of aromatic nitrogens is 3. The highest BCUT2D eigenvalue weighted by Crippen LogP contribution is 2.23. The quantitative estimate of drug-likeness (QED) is 0.370. The molecule has 0 saturated heterocycles. The van der Waals surface area contributed by atoms with Crippen LogP contribution in [-0.4, -0.2) is 25.4 Å². The van der Waals surface area contributed by atoms with Crippen LogP contribution in [0.5, 0.6) is 0 Å². The number of furan rings is 2. The van der Waals surface area contributed by atoms with E-state index in [-0.39, 0.29) is 5.91 Å². The van der Waals surface area contributed by atoms with Gasteiger partial charge in [-0.05, 0) is 62.2 Å². The highest BCUT2D eigenvalue weighted by Gasteiger charge is 2.20. The molecular weight excluding hydrogens is 404 g/mol. The van der Waals surface area contributed by atoms with Gasteiger partial charge in [0.05, 0.1) is 31.1 Å². The maximum Gasteiger partial charge on any atom is 0.223 e. The van der Waals surface area contributed by atoms with Gasteiger partial charge < -0.3 is 13.7 Å². The summed E-state index contributed by atoms with van der Waals surface area (Å²) >= 11 is 0. The molecule has 0 unspecified atom stereocenters. The Kier molecular flexibility index (Phi) is 5.23. The minimum atomic E-state index is 0.0299. The van der Waals surface area contributed by atoms with E-state index in [1.54, 1.807) is 17.4 Å². The number of benzene rings is 1. The van der Waals surface area contributed by atoms with E-state index in [1.807, 2.05) is 66.9 Å². The highest BCUT2D eigenvalue weighted by molar-refractivity contribution is 5.92. The van der Waals surface area contributed by atoms with Gasteiger partial charge in [0, 0.05) is 23.2 Å². The molecule has 7 nitrogen and oxygen atoms in total. The zero-order valence-electron chi connectivity index (χ0n) is 18.1. The summed E-state index contributed by atoms with van der Waals surface area (Å²) in [5.41, 5.74) is 4.76. The van der Waals surface area contributed by atoms with E-state index >= 15 is 0 Å². The minimum absolute atomic E-state index is 0.0299. The molecule has 162 valence electrons. The van der Waals surface area contributed by atoms with Crippen LogP contribution in [0.25, 0.3) is 16.6 Å². The van der Waals surface area contributed by atoms with Crippen LogP contribution in [0.2, 0.25) is 0 Å². The topological polar surface area (TPSA) is 76.8 Å². The molecule has 32 heavy (non-hydrogen) atoms. The molecule has 7 heteroatoms. The fraction of sp³-hybridized carbons (Fsp3) is 0.240. The molecule has 0 spiro atoms. The van der Waals surface area contributed by atoms with Crippen LogP contribution in [0.1, 0.15) is 34.9 Å². The Balaban J connectivity index is 1.39. The van der Waals surface area contributed by atoms with Gasteiger partial charge in [0.25, 0.3) is 0 Å². The van der Waals surface area contributed by atoms with Crippen molar-refractivity contribution >= 4 is 22.5 Å². The van der Waals surface area contributed by atoms with Crippen LogP contribution < -0.4 is 0 Å². The van der Waals surface area contributed by atoms with Crippen LogP contribution >= 0.6 is 0 Å². The Bertz CT molecular complexity index is 1330. The number of carbonyl (C=O) groups is 1. The second kappa shape index (κ2) is 8.34. The number of fused-ring (bicyclic) bond motifs is 3. The summed E-state index contributed by atoms with van der Waals surface area (Å²) in [4.78, 5) is 19.8. The molecule has 1 aromatic carbocycles. The summed E-state index contributed by atoms with van der Waals surface area (Å²) < 4.78 is 12.8. The molecule has 1 amide bonds.